The van der Waals surface area contributed by atoms with Crippen LogP contribution in [-0.2, 0) is 0 Å². The fraction of sp³-hybridized carbons (Fsp3) is 0. The van der Waals surface area contributed by atoms with Crippen molar-refractivity contribution in [2.75, 3.05) is 0 Å². The topological polar surface area (TPSA) is 83.1 Å². The zero-order chi connectivity index (χ0) is 11.5. The fourth-order valence-corrected chi connectivity index (χ4v) is 1.34. The predicted octanol–water partition coefficient (Wildman–Crippen LogP) is 0.955. The van der Waals surface area contributed by atoms with Crippen molar-refractivity contribution in [2.45, 2.75) is 0 Å². The Labute approximate surface area is 96.5 Å². The van der Waals surface area contributed by atoms with Gasteiger partial charge in [-0.05, 0) is 12.1 Å². The third-order valence-corrected chi connectivity index (χ3v) is 2.05. The molecule has 1 aliphatic heterocycles. The van der Waals surface area contributed by atoms with E-state index in [1.165, 1.54) is 0 Å². The van der Waals surface area contributed by atoms with Crippen LogP contribution in [0.25, 0.3) is 0 Å². The van der Waals surface area contributed by atoms with Crippen molar-refractivity contribution in [3.8, 4) is 5.75 Å². The monoisotopic (exact) mass is 240 g/mol. The summed E-state index contributed by atoms with van der Waals surface area (Å²) in [6.07, 6.45) is 0. The van der Waals surface area contributed by atoms with E-state index in [9.17, 15) is 0 Å². The Bertz CT molecular complexity index is 446. The van der Waals surface area contributed by atoms with E-state index in [1.807, 2.05) is 18.2 Å². The van der Waals surface area contributed by atoms with Gasteiger partial charge in [0.1, 0.15) is 5.75 Å². The van der Waals surface area contributed by atoms with Gasteiger partial charge in [0.15, 0.2) is 11.0 Å². The van der Waals surface area contributed by atoms with E-state index in [2.05, 4.69) is 10.5 Å². The average molecular weight is 241 g/mol. The van der Waals surface area contributed by atoms with Crippen molar-refractivity contribution in [3.63, 3.8) is 0 Å². The first-order valence-corrected chi connectivity index (χ1v) is 4.77. The first-order valence-electron chi connectivity index (χ1n) is 4.39. The van der Waals surface area contributed by atoms with Gasteiger partial charge in [-0.2, -0.15) is 0 Å². The number of nitrogens with zero attached hydrogens (tertiary/aromatic N) is 2. The number of hydrazine groups is 1. The Morgan fingerprint density at radius 2 is 2.06 bits per heavy atom. The van der Waals surface area contributed by atoms with Crippen molar-refractivity contribution in [1.82, 2.24) is 10.7 Å². The molecule has 0 spiro atoms. The quantitative estimate of drug-likeness (QED) is 0.717. The van der Waals surface area contributed by atoms with Crippen LogP contribution >= 0.6 is 11.6 Å². The molecule has 4 N–H and O–H groups in total. The van der Waals surface area contributed by atoms with Crippen LogP contribution in [0.5, 0.6) is 5.75 Å². The van der Waals surface area contributed by atoms with E-state index in [1.54, 1.807) is 12.1 Å². The molecule has 2 rings (SSSR count). The summed E-state index contributed by atoms with van der Waals surface area (Å²) in [6.45, 7) is 0. The van der Waals surface area contributed by atoms with Crippen LogP contribution in [0.1, 0.15) is 0 Å². The molecular weight excluding hydrogens is 232 g/mol. The molecule has 0 aromatic heterocycles. The molecule has 1 aliphatic rings. The van der Waals surface area contributed by atoms with Crippen LogP contribution in [0.4, 0.5) is 0 Å². The van der Waals surface area contributed by atoms with Gasteiger partial charge < -0.3 is 10.5 Å². The van der Waals surface area contributed by atoms with Crippen molar-refractivity contribution < 1.29 is 9.94 Å². The third-order valence-electron chi connectivity index (χ3n) is 1.80. The van der Waals surface area contributed by atoms with Gasteiger partial charge in [-0.3, -0.25) is 5.21 Å². The number of halogens is 1. The Morgan fingerprint density at radius 1 is 1.38 bits per heavy atom. The summed E-state index contributed by atoms with van der Waals surface area (Å²) >= 11 is 5.77. The van der Waals surface area contributed by atoms with Gasteiger partial charge in [0.25, 0.3) is 0 Å². The lowest BCUT2D eigenvalue weighted by atomic mass is 10.3. The molecule has 16 heavy (non-hydrogen) atoms. The number of rotatable bonds is 2. The number of nitrogens with one attached hydrogen (secondary N) is 1. The van der Waals surface area contributed by atoms with Crippen LogP contribution in [-0.4, -0.2) is 15.7 Å². The second kappa shape index (κ2) is 4.30. The van der Waals surface area contributed by atoms with Gasteiger partial charge in [0, 0.05) is 0 Å². The van der Waals surface area contributed by atoms with Crippen molar-refractivity contribution in [1.29, 1.82) is 0 Å². The maximum atomic E-state index is 9.01. The summed E-state index contributed by atoms with van der Waals surface area (Å²) in [5.74, 6) is 0.812. The number of benzene rings is 1. The second-order valence-electron chi connectivity index (χ2n) is 2.95. The molecule has 1 aromatic rings. The lowest BCUT2D eigenvalue weighted by Gasteiger charge is -2.21. The molecule has 0 bridgehead atoms. The number of hydrogen-bond acceptors (Lipinski definition) is 6. The van der Waals surface area contributed by atoms with Crippen molar-refractivity contribution in [2.24, 2.45) is 10.8 Å². The number of ether oxygens (including phenoxy) is 1. The number of para-hydroxylation sites is 1. The smallest absolute Gasteiger partial charge is 0.208 e. The molecule has 6 nitrogen and oxygen atoms in total. The average Bonchev–Trinajstić information content (AvgIpc) is 2.25. The van der Waals surface area contributed by atoms with Crippen LogP contribution in [0, 0.1) is 0 Å². The molecule has 84 valence electrons. The largest absolute Gasteiger partial charge is 0.450 e. The van der Waals surface area contributed by atoms with Crippen molar-refractivity contribution in [3.05, 3.63) is 41.9 Å². The Kier molecular flexibility index (Phi) is 2.84. The zero-order valence-electron chi connectivity index (χ0n) is 8.09. The number of nitrogens with two attached hydrogens (primary N) is 1. The van der Waals surface area contributed by atoms with Gasteiger partial charge in [-0.15, -0.1) is 5.10 Å². The molecule has 1 aromatic carbocycles. The maximum Gasteiger partial charge on any atom is 0.208 e. The highest BCUT2D eigenvalue weighted by Gasteiger charge is 2.19. The van der Waals surface area contributed by atoms with Gasteiger partial charge in [0.05, 0.1) is 0 Å². The lowest BCUT2D eigenvalue weighted by Crippen LogP contribution is -2.40. The summed E-state index contributed by atoms with van der Waals surface area (Å²) in [4.78, 5) is 0. The SMILES string of the molecule is NC1=C(Oc2ccccc2)C(Cl)=NN(O)N1. The Balaban J connectivity index is 2.22. The Hall–Kier alpha value is -1.92. The highest BCUT2D eigenvalue weighted by molar-refractivity contribution is 6.69. The van der Waals surface area contributed by atoms with Crippen LogP contribution in [0.2, 0.25) is 0 Å². The van der Waals surface area contributed by atoms with Gasteiger partial charge >= 0.3 is 0 Å². The van der Waals surface area contributed by atoms with E-state index >= 15 is 0 Å². The van der Waals surface area contributed by atoms with E-state index < -0.39 is 0 Å². The second-order valence-corrected chi connectivity index (χ2v) is 3.31. The summed E-state index contributed by atoms with van der Waals surface area (Å²) < 4.78 is 5.42. The zero-order valence-corrected chi connectivity index (χ0v) is 8.85. The molecule has 0 aliphatic carbocycles. The van der Waals surface area contributed by atoms with Gasteiger partial charge in [-0.25, -0.2) is 5.43 Å². The van der Waals surface area contributed by atoms with E-state index in [-0.39, 0.29) is 16.8 Å². The number of hydrogen-bond donors (Lipinski definition) is 3. The first kappa shape index (κ1) is 10.6. The van der Waals surface area contributed by atoms with Gasteiger partial charge in [0.2, 0.25) is 5.76 Å². The molecule has 0 saturated heterocycles. The molecule has 0 fully saturated rings. The normalized spacial score (nSPS) is 15.6. The highest BCUT2D eigenvalue weighted by Crippen LogP contribution is 2.17. The number of hydrazone groups is 1. The fourth-order valence-electron chi connectivity index (χ4n) is 1.13. The van der Waals surface area contributed by atoms with Crippen molar-refractivity contribution >= 4 is 16.8 Å². The van der Waals surface area contributed by atoms with Gasteiger partial charge in [-0.1, -0.05) is 35.1 Å². The lowest BCUT2D eigenvalue weighted by molar-refractivity contribution is -0.129. The molecule has 0 unspecified atom stereocenters. The van der Waals surface area contributed by atoms with E-state index in [0.29, 0.717) is 11.0 Å². The molecule has 0 atom stereocenters. The minimum absolute atomic E-state index is 0.0393. The maximum absolute atomic E-state index is 9.01. The minimum atomic E-state index is -0.0393. The van der Waals surface area contributed by atoms with Crippen LogP contribution in [0.3, 0.4) is 0 Å². The molecule has 0 saturated carbocycles. The van der Waals surface area contributed by atoms with E-state index in [0.717, 1.165) is 0 Å². The predicted molar refractivity (Wildman–Crippen MR) is 58.3 cm³/mol. The van der Waals surface area contributed by atoms with Crippen LogP contribution < -0.4 is 15.9 Å². The summed E-state index contributed by atoms with van der Waals surface area (Å²) in [6, 6.07) is 8.97. The summed E-state index contributed by atoms with van der Waals surface area (Å²) in [5.41, 5.74) is 7.91. The molecule has 7 heteroatoms. The minimum Gasteiger partial charge on any atom is -0.450 e. The Morgan fingerprint density at radius 3 is 2.69 bits per heavy atom. The number of allylic oxidation sites excluding steroid dienone is 1. The highest BCUT2D eigenvalue weighted by atomic mass is 35.5. The van der Waals surface area contributed by atoms with Crippen LogP contribution in [0.15, 0.2) is 47.0 Å². The summed E-state index contributed by atoms with van der Waals surface area (Å²) in [5, 5.41) is 12.9. The van der Waals surface area contributed by atoms with E-state index in [4.69, 9.17) is 27.3 Å². The molecular formula is C9H9ClN4O2. The first-order chi connectivity index (χ1) is 7.66. The molecule has 0 amide bonds. The molecule has 1 heterocycles. The standard InChI is InChI=1S/C9H9ClN4O2/c10-8-7(9(11)13-14(15)12-8)16-6-4-2-1-3-5-6/h1-5,13,15H,11H2. The third kappa shape index (κ3) is 2.18. The summed E-state index contributed by atoms with van der Waals surface area (Å²) in [7, 11) is 0. The molecule has 0 radical (unpaired) electrons.